The molecule has 13 aromatic carbocycles. The van der Waals surface area contributed by atoms with E-state index in [1.807, 2.05) is 0 Å². The summed E-state index contributed by atoms with van der Waals surface area (Å²) in [5.74, 6) is 0. The molecule has 16 rings (SSSR count). The summed E-state index contributed by atoms with van der Waals surface area (Å²) in [5, 5.41) is 17.9. The molecular formula is C73H51BN2. The highest BCUT2D eigenvalue weighted by molar-refractivity contribution is 7.00. The van der Waals surface area contributed by atoms with Crippen molar-refractivity contribution in [2.45, 2.75) is 34.6 Å². The van der Waals surface area contributed by atoms with Crippen LogP contribution in [0.15, 0.2) is 218 Å². The molecule has 356 valence electrons. The molecule has 2 aromatic heterocycles. The largest absolute Gasteiger partial charge is 0.309 e. The average molecular weight is 967 g/mol. The van der Waals surface area contributed by atoms with Gasteiger partial charge in [-0.2, -0.15) is 0 Å². The first-order valence-electron chi connectivity index (χ1n) is 26.8. The second kappa shape index (κ2) is 15.9. The number of aromatic nitrogens is 2. The number of aryl methyl sites for hydroxylation is 5. The van der Waals surface area contributed by atoms with E-state index in [0.717, 1.165) is 0 Å². The summed E-state index contributed by atoms with van der Waals surface area (Å²) < 4.78 is 5.20. The Bertz CT molecular complexity index is 4760. The monoisotopic (exact) mass is 966 g/mol. The van der Waals surface area contributed by atoms with Crippen LogP contribution < -0.4 is 16.4 Å². The molecule has 0 atom stereocenters. The number of fused-ring (bicyclic) bond motifs is 8. The minimum atomic E-state index is 0.0222. The molecule has 0 N–H and O–H groups in total. The van der Waals surface area contributed by atoms with Crippen molar-refractivity contribution in [3.05, 3.63) is 246 Å². The Morgan fingerprint density at radius 2 is 0.711 bits per heavy atom. The molecule has 15 aromatic rings. The lowest BCUT2D eigenvalue weighted by molar-refractivity contribution is 1.19. The van der Waals surface area contributed by atoms with Crippen molar-refractivity contribution in [2.75, 3.05) is 0 Å². The Hall–Kier alpha value is -9.18. The fraction of sp³-hybridized carbons (Fsp3) is 0.0685. The van der Waals surface area contributed by atoms with E-state index in [1.165, 1.54) is 175 Å². The summed E-state index contributed by atoms with van der Waals surface area (Å²) in [6, 6.07) is 83.3. The van der Waals surface area contributed by atoms with Crippen LogP contribution in [-0.2, 0) is 0 Å². The summed E-state index contributed by atoms with van der Waals surface area (Å²) in [6.45, 7) is 11.5. The lowest BCUT2D eigenvalue weighted by Crippen LogP contribution is -2.55. The van der Waals surface area contributed by atoms with Crippen molar-refractivity contribution in [3.8, 4) is 33.6 Å². The van der Waals surface area contributed by atoms with Crippen LogP contribution in [0.3, 0.4) is 0 Å². The molecule has 0 saturated heterocycles. The van der Waals surface area contributed by atoms with E-state index < -0.39 is 0 Å². The predicted molar refractivity (Wildman–Crippen MR) is 328 cm³/mol. The van der Waals surface area contributed by atoms with E-state index in [-0.39, 0.29) is 6.71 Å². The Morgan fingerprint density at radius 1 is 0.276 bits per heavy atom. The third kappa shape index (κ3) is 6.06. The van der Waals surface area contributed by atoms with E-state index in [9.17, 15) is 0 Å². The molecule has 3 heterocycles. The Kier molecular flexibility index (Phi) is 9.06. The zero-order valence-electron chi connectivity index (χ0n) is 43.3. The summed E-state index contributed by atoms with van der Waals surface area (Å²) >= 11 is 0. The van der Waals surface area contributed by atoms with Gasteiger partial charge in [0.05, 0.1) is 33.4 Å². The molecule has 1 aliphatic heterocycles. The van der Waals surface area contributed by atoms with Crippen LogP contribution in [0.25, 0.3) is 131 Å². The molecule has 0 fully saturated rings. The molecule has 0 amide bonds. The SMILES string of the molecule is Cc1cc(C)c(B2c3cccc4c(-n5c6cc(-c7ccc8ccccc8c7)ccc6c6c(C)cccc65)cc5cc(-n6c7cc(-c8ccc9ccccc9c8)ccc7c7c(C)cccc76)c6cccc2c6c5c34)c(C)c1. The van der Waals surface area contributed by atoms with E-state index >= 15 is 0 Å². The van der Waals surface area contributed by atoms with E-state index in [1.54, 1.807) is 0 Å². The van der Waals surface area contributed by atoms with Crippen molar-refractivity contribution in [1.29, 1.82) is 0 Å². The van der Waals surface area contributed by atoms with Crippen LogP contribution in [-0.4, -0.2) is 15.8 Å². The topological polar surface area (TPSA) is 9.86 Å². The van der Waals surface area contributed by atoms with Crippen molar-refractivity contribution in [1.82, 2.24) is 9.13 Å². The normalized spacial score (nSPS) is 12.5. The maximum Gasteiger partial charge on any atom is 0.243 e. The Morgan fingerprint density at radius 3 is 1.20 bits per heavy atom. The fourth-order valence-electron chi connectivity index (χ4n) is 14.3. The zero-order chi connectivity index (χ0) is 50.7. The molecule has 0 aliphatic carbocycles. The molecule has 3 heteroatoms. The quantitative estimate of drug-likeness (QED) is 0.120. The molecule has 0 radical (unpaired) electrons. The average Bonchev–Trinajstić information content (AvgIpc) is 4.13. The van der Waals surface area contributed by atoms with Gasteiger partial charge in [0, 0.05) is 32.3 Å². The third-order valence-electron chi connectivity index (χ3n) is 17.4. The van der Waals surface area contributed by atoms with Gasteiger partial charge in [-0.05, 0) is 160 Å². The maximum absolute atomic E-state index is 2.60. The van der Waals surface area contributed by atoms with Gasteiger partial charge in [0.1, 0.15) is 0 Å². The van der Waals surface area contributed by atoms with Crippen LogP contribution in [0, 0.1) is 34.6 Å². The molecule has 0 saturated carbocycles. The highest BCUT2D eigenvalue weighted by Gasteiger charge is 2.35. The molecule has 0 bridgehead atoms. The first kappa shape index (κ1) is 43.2. The lowest BCUT2D eigenvalue weighted by Gasteiger charge is -2.30. The first-order valence-corrected chi connectivity index (χ1v) is 26.8. The number of nitrogens with zero attached hydrogens (tertiary/aromatic N) is 2. The van der Waals surface area contributed by atoms with Gasteiger partial charge in [-0.3, -0.25) is 0 Å². The van der Waals surface area contributed by atoms with E-state index in [4.69, 9.17) is 0 Å². The summed E-state index contributed by atoms with van der Waals surface area (Å²) in [5.41, 5.74) is 22.8. The number of hydrogen-bond acceptors (Lipinski definition) is 0. The van der Waals surface area contributed by atoms with Crippen LogP contribution in [0.2, 0.25) is 0 Å². The second-order valence-electron chi connectivity index (χ2n) is 21.9. The van der Waals surface area contributed by atoms with Gasteiger partial charge in [0.2, 0.25) is 6.71 Å². The molecule has 2 nitrogen and oxygen atoms in total. The van der Waals surface area contributed by atoms with Crippen LogP contribution in [0.5, 0.6) is 0 Å². The van der Waals surface area contributed by atoms with Crippen molar-refractivity contribution in [3.63, 3.8) is 0 Å². The summed E-state index contributed by atoms with van der Waals surface area (Å²) in [6.07, 6.45) is 0. The van der Waals surface area contributed by atoms with Crippen molar-refractivity contribution < 1.29 is 0 Å². The van der Waals surface area contributed by atoms with Gasteiger partial charge in [0.25, 0.3) is 0 Å². The second-order valence-corrected chi connectivity index (χ2v) is 21.9. The minimum absolute atomic E-state index is 0.0222. The van der Waals surface area contributed by atoms with E-state index in [2.05, 4.69) is 262 Å². The standard InChI is InChI=1S/C73H51BN2/c1-42-34-45(4)73(46(5)35-42)74-60-22-12-20-56-66(75-62-24-10-14-43(2)68(62)58-32-30-53(38-64(58)75)51-28-26-47-16-6-8-18-49(47)36-51)40-55-41-67(57-21-13-23-61(74)72(57)70(55)71(56)60)76-63-25-11-15-44(3)69(63)59-33-31-54(39-65(59)76)52-29-27-48-17-7-9-19-50(48)37-52/h6-41H,1-5H3. The van der Waals surface area contributed by atoms with Crippen LogP contribution >= 0.6 is 0 Å². The number of benzene rings is 13. The fourth-order valence-corrected chi connectivity index (χ4v) is 14.3. The van der Waals surface area contributed by atoms with Crippen LogP contribution in [0.4, 0.5) is 0 Å². The van der Waals surface area contributed by atoms with Crippen molar-refractivity contribution in [2.24, 2.45) is 0 Å². The predicted octanol–water partition coefficient (Wildman–Crippen LogP) is 17.4. The first-order chi connectivity index (χ1) is 37.3. The van der Waals surface area contributed by atoms with Crippen molar-refractivity contribution >= 4 is 121 Å². The third-order valence-corrected chi connectivity index (χ3v) is 17.4. The maximum atomic E-state index is 2.60. The lowest BCUT2D eigenvalue weighted by atomic mass is 9.33. The molecule has 0 spiro atoms. The minimum Gasteiger partial charge on any atom is -0.309 e. The summed E-state index contributed by atoms with van der Waals surface area (Å²) in [4.78, 5) is 0. The van der Waals surface area contributed by atoms with E-state index in [0.29, 0.717) is 0 Å². The zero-order valence-corrected chi connectivity index (χ0v) is 43.3. The van der Waals surface area contributed by atoms with Crippen LogP contribution in [0.1, 0.15) is 27.8 Å². The van der Waals surface area contributed by atoms with Gasteiger partial charge in [-0.15, -0.1) is 0 Å². The smallest absolute Gasteiger partial charge is 0.243 e. The Labute approximate surface area is 441 Å². The number of rotatable bonds is 5. The molecule has 1 aliphatic rings. The van der Waals surface area contributed by atoms with Gasteiger partial charge in [-0.1, -0.05) is 203 Å². The number of hydrogen-bond donors (Lipinski definition) is 0. The highest BCUT2D eigenvalue weighted by Crippen LogP contribution is 2.46. The van der Waals surface area contributed by atoms with Gasteiger partial charge >= 0.3 is 0 Å². The molecule has 0 unspecified atom stereocenters. The van der Waals surface area contributed by atoms with Gasteiger partial charge < -0.3 is 9.13 Å². The highest BCUT2D eigenvalue weighted by atomic mass is 15.0. The van der Waals surface area contributed by atoms with Gasteiger partial charge in [-0.25, -0.2) is 0 Å². The summed E-state index contributed by atoms with van der Waals surface area (Å²) in [7, 11) is 0. The molecule has 76 heavy (non-hydrogen) atoms. The molecular weight excluding hydrogens is 916 g/mol. The van der Waals surface area contributed by atoms with Gasteiger partial charge in [0.15, 0.2) is 0 Å². The Balaban J connectivity index is 1.05.